The lowest BCUT2D eigenvalue weighted by molar-refractivity contribution is 0.210. The molecule has 0 atom stereocenters. The molecule has 6 nitrogen and oxygen atoms in total. The fourth-order valence-corrected chi connectivity index (χ4v) is 1.44. The lowest BCUT2D eigenvalue weighted by atomic mass is 10.5. The number of hydrogen-bond acceptors (Lipinski definition) is 5. The fourth-order valence-electron chi connectivity index (χ4n) is 1.44. The van der Waals surface area contributed by atoms with Crippen LogP contribution in [0.15, 0.2) is 18.6 Å². The highest BCUT2D eigenvalue weighted by atomic mass is 16.5. The molecule has 86 valence electrons. The van der Waals surface area contributed by atoms with Crippen molar-refractivity contribution < 1.29 is 4.74 Å². The van der Waals surface area contributed by atoms with Gasteiger partial charge in [-0.25, -0.2) is 9.97 Å². The van der Waals surface area contributed by atoms with Gasteiger partial charge in [0, 0.05) is 33.1 Å². The van der Waals surface area contributed by atoms with Crippen molar-refractivity contribution in [1.82, 2.24) is 14.4 Å². The smallest absolute Gasteiger partial charge is 0.180 e. The van der Waals surface area contributed by atoms with E-state index in [1.807, 2.05) is 23.8 Å². The van der Waals surface area contributed by atoms with Crippen LogP contribution in [-0.2, 0) is 4.74 Å². The summed E-state index contributed by atoms with van der Waals surface area (Å²) < 4.78 is 6.91. The first-order valence-electron chi connectivity index (χ1n) is 5.09. The zero-order chi connectivity index (χ0) is 11.4. The van der Waals surface area contributed by atoms with E-state index < -0.39 is 0 Å². The summed E-state index contributed by atoms with van der Waals surface area (Å²) in [6.45, 7) is 1.34. The van der Waals surface area contributed by atoms with Crippen LogP contribution in [-0.4, -0.2) is 41.7 Å². The Hall–Kier alpha value is -1.82. The first kappa shape index (κ1) is 10.7. The van der Waals surface area contributed by atoms with Crippen molar-refractivity contribution in [1.29, 1.82) is 0 Å². The molecule has 0 radical (unpaired) electrons. The number of nitrogens with zero attached hydrogens (tertiary/aromatic N) is 3. The minimum atomic E-state index is 0.637. The van der Waals surface area contributed by atoms with Crippen LogP contribution in [0, 0.1) is 0 Å². The van der Waals surface area contributed by atoms with Crippen LogP contribution in [0.4, 0.5) is 11.6 Å². The van der Waals surface area contributed by atoms with E-state index in [1.54, 1.807) is 13.3 Å². The molecule has 0 amide bonds. The van der Waals surface area contributed by atoms with Crippen LogP contribution >= 0.6 is 0 Å². The van der Waals surface area contributed by atoms with E-state index in [9.17, 15) is 0 Å². The molecule has 0 aliphatic rings. The molecule has 0 saturated carbocycles. The molecule has 16 heavy (non-hydrogen) atoms. The molecule has 0 aromatic carbocycles. The van der Waals surface area contributed by atoms with Crippen molar-refractivity contribution in [2.45, 2.75) is 0 Å². The van der Waals surface area contributed by atoms with Gasteiger partial charge < -0.3 is 19.8 Å². The minimum Gasteiger partial charge on any atom is -0.383 e. The van der Waals surface area contributed by atoms with Crippen LogP contribution in [0.2, 0.25) is 0 Å². The lowest BCUT2D eigenvalue weighted by Crippen LogP contribution is -2.11. The van der Waals surface area contributed by atoms with Crippen LogP contribution in [0.1, 0.15) is 0 Å². The van der Waals surface area contributed by atoms with Gasteiger partial charge in [0.25, 0.3) is 0 Å². The van der Waals surface area contributed by atoms with Crippen molar-refractivity contribution in [3.63, 3.8) is 0 Å². The molecule has 0 bridgehead atoms. The standard InChI is InChI=1S/C10H15N5O/c1-11-8-7-15-5-3-13-10(15)9(14-8)12-4-6-16-2/h3,5,7,11H,4,6H2,1-2H3,(H,12,14). The molecule has 6 heteroatoms. The molecule has 0 aliphatic carbocycles. The van der Waals surface area contributed by atoms with Gasteiger partial charge in [-0.2, -0.15) is 0 Å². The summed E-state index contributed by atoms with van der Waals surface area (Å²) in [6, 6.07) is 0. The Morgan fingerprint density at radius 3 is 3.12 bits per heavy atom. The highest BCUT2D eigenvalue weighted by Gasteiger charge is 2.05. The predicted octanol–water partition coefficient (Wildman–Crippen LogP) is 0.829. The monoisotopic (exact) mass is 221 g/mol. The number of rotatable bonds is 5. The van der Waals surface area contributed by atoms with Crippen LogP contribution in [0.5, 0.6) is 0 Å². The van der Waals surface area contributed by atoms with Gasteiger partial charge in [0.15, 0.2) is 11.5 Å². The normalized spacial score (nSPS) is 10.6. The van der Waals surface area contributed by atoms with Crippen molar-refractivity contribution >= 4 is 17.3 Å². The lowest BCUT2D eigenvalue weighted by Gasteiger charge is -2.08. The van der Waals surface area contributed by atoms with Gasteiger partial charge in [0.05, 0.1) is 12.8 Å². The van der Waals surface area contributed by atoms with Gasteiger partial charge in [-0.3, -0.25) is 0 Å². The average molecular weight is 221 g/mol. The Morgan fingerprint density at radius 2 is 2.38 bits per heavy atom. The number of fused-ring (bicyclic) bond motifs is 1. The SMILES string of the molecule is CNc1cn2ccnc2c(NCCOC)n1. The summed E-state index contributed by atoms with van der Waals surface area (Å²) >= 11 is 0. The van der Waals surface area contributed by atoms with E-state index in [0.717, 1.165) is 17.3 Å². The van der Waals surface area contributed by atoms with Crippen molar-refractivity contribution in [3.05, 3.63) is 18.6 Å². The molecular weight excluding hydrogens is 206 g/mol. The summed E-state index contributed by atoms with van der Waals surface area (Å²) in [5, 5.41) is 6.20. The average Bonchev–Trinajstić information content (AvgIpc) is 2.77. The summed E-state index contributed by atoms with van der Waals surface area (Å²) in [4.78, 5) is 8.64. The second kappa shape index (κ2) is 4.80. The first-order chi connectivity index (χ1) is 7.85. The molecule has 0 fully saturated rings. The summed E-state index contributed by atoms with van der Waals surface area (Å²) in [5.74, 6) is 1.55. The maximum absolute atomic E-state index is 4.98. The van der Waals surface area contributed by atoms with Gasteiger partial charge in [-0.15, -0.1) is 0 Å². The topological polar surface area (TPSA) is 63.5 Å². The molecule has 2 heterocycles. The van der Waals surface area contributed by atoms with Gasteiger partial charge in [0.2, 0.25) is 0 Å². The Bertz CT molecular complexity index is 467. The third-order valence-electron chi connectivity index (χ3n) is 2.23. The summed E-state index contributed by atoms with van der Waals surface area (Å²) in [5.41, 5.74) is 0.815. The zero-order valence-electron chi connectivity index (χ0n) is 9.40. The predicted molar refractivity (Wildman–Crippen MR) is 62.9 cm³/mol. The number of hydrogen-bond donors (Lipinski definition) is 2. The molecule has 2 N–H and O–H groups in total. The Labute approximate surface area is 93.7 Å². The Morgan fingerprint density at radius 1 is 1.50 bits per heavy atom. The van der Waals surface area contributed by atoms with Crippen LogP contribution in [0.3, 0.4) is 0 Å². The molecule has 0 spiro atoms. The van der Waals surface area contributed by atoms with E-state index in [4.69, 9.17) is 4.74 Å². The molecule has 2 rings (SSSR count). The number of nitrogens with one attached hydrogen (secondary N) is 2. The highest BCUT2D eigenvalue weighted by molar-refractivity contribution is 5.65. The second-order valence-corrected chi connectivity index (χ2v) is 3.30. The third-order valence-corrected chi connectivity index (χ3v) is 2.23. The molecule has 0 unspecified atom stereocenters. The summed E-state index contributed by atoms with van der Waals surface area (Å²) in [7, 11) is 3.51. The van der Waals surface area contributed by atoms with E-state index in [-0.39, 0.29) is 0 Å². The van der Waals surface area contributed by atoms with E-state index in [0.29, 0.717) is 13.2 Å². The number of aromatic nitrogens is 3. The molecule has 2 aromatic rings. The second-order valence-electron chi connectivity index (χ2n) is 3.30. The van der Waals surface area contributed by atoms with Gasteiger partial charge >= 0.3 is 0 Å². The largest absolute Gasteiger partial charge is 0.383 e. The Balaban J connectivity index is 2.29. The third kappa shape index (κ3) is 2.06. The van der Waals surface area contributed by atoms with Gasteiger partial charge in [-0.1, -0.05) is 0 Å². The van der Waals surface area contributed by atoms with Crippen molar-refractivity contribution in [3.8, 4) is 0 Å². The fraction of sp³-hybridized carbons (Fsp3) is 0.400. The molecule has 0 aliphatic heterocycles. The zero-order valence-corrected chi connectivity index (χ0v) is 9.40. The van der Waals surface area contributed by atoms with Crippen molar-refractivity contribution in [2.24, 2.45) is 0 Å². The van der Waals surface area contributed by atoms with E-state index in [1.165, 1.54) is 0 Å². The highest BCUT2D eigenvalue weighted by Crippen LogP contribution is 2.15. The maximum Gasteiger partial charge on any atom is 0.180 e. The first-order valence-corrected chi connectivity index (χ1v) is 5.09. The molecular formula is C10H15N5O. The van der Waals surface area contributed by atoms with Crippen LogP contribution in [0.25, 0.3) is 5.65 Å². The Kier molecular flexibility index (Phi) is 3.21. The quantitative estimate of drug-likeness (QED) is 0.732. The van der Waals surface area contributed by atoms with Crippen LogP contribution < -0.4 is 10.6 Å². The van der Waals surface area contributed by atoms with Gasteiger partial charge in [0.1, 0.15) is 5.82 Å². The number of methoxy groups -OCH3 is 1. The van der Waals surface area contributed by atoms with Gasteiger partial charge in [-0.05, 0) is 0 Å². The number of anilines is 2. The number of imidazole rings is 1. The number of ether oxygens (including phenoxy) is 1. The molecule has 0 saturated heterocycles. The minimum absolute atomic E-state index is 0.637. The molecule has 2 aromatic heterocycles. The maximum atomic E-state index is 4.98. The van der Waals surface area contributed by atoms with E-state index in [2.05, 4.69) is 20.6 Å². The van der Waals surface area contributed by atoms with E-state index >= 15 is 0 Å². The summed E-state index contributed by atoms with van der Waals surface area (Å²) in [6.07, 6.45) is 5.53. The van der Waals surface area contributed by atoms with Crippen molar-refractivity contribution in [2.75, 3.05) is 37.9 Å².